The van der Waals surface area contributed by atoms with Crippen molar-refractivity contribution in [2.45, 2.75) is 18.9 Å². The van der Waals surface area contributed by atoms with Crippen molar-refractivity contribution in [2.24, 2.45) is 0 Å². The molecule has 7 nitrogen and oxygen atoms in total. The van der Waals surface area contributed by atoms with Crippen molar-refractivity contribution >= 4 is 23.1 Å². The van der Waals surface area contributed by atoms with Crippen LogP contribution in [0.4, 0.5) is 11.5 Å². The quantitative estimate of drug-likeness (QED) is 0.510. The van der Waals surface area contributed by atoms with Crippen LogP contribution in [-0.2, 0) is 0 Å². The fourth-order valence-electron chi connectivity index (χ4n) is 2.10. The summed E-state index contributed by atoms with van der Waals surface area (Å²) in [6.45, 7) is 1.88. The molecule has 1 aliphatic rings. The second kappa shape index (κ2) is 5.45. The lowest BCUT2D eigenvalue weighted by atomic mass is 10.1. The van der Waals surface area contributed by atoms with Gasteiger partial charge in [0.05, 0.1) is 4.92 Å². The normalized spacial score (nSPS) is 20.7. The molecule has 18 heavy (non-hydrogen) atoms. The number of hydrogen-bond donors (Lipinski definition) is 1. The zero-order valence-electron chi connectivity index (χ0n) is 9.97. The van der Waals surface area contributed by atoms with Crippen LogP contribution in [0.3, 0.4) is 0 Å². The average molecular weight is 272 g/mol. The number of nitrogens with one attached hydrogen (secondary N) is 1. The third-order valence-corrected chi connectivity index (χ3v) is 3.20. The number of aromatic nitrogens is 2. The van der Waals surface area contributed by atoms with Crippen molar-refractivity contribution in [3.63, 3.8) is 0 Å². The Morgan fingerprint density at radius 3 is 3.06 bits per heavy atom. The Bertz CT molecular complexity index is 456. The van der Waals surface area contributed by atoms with Gasteiger partial charge in [0.15, 0.2) is 0 Å². The molecule has 1 N–H and O–H groups in total. The van der Waals surface area contributed by atoms with Crippen LogP contribution in [0, 0.1) is 10.1 Å². The first-order valence-corrected chi connectivity index (χ1v) is 6.05. The SMILES string of the molecule is CN1CCCC(Nc2ncnc(Cl)c2[N+](=O)[O-])C1. The van der Waals surface area contributed by atoms with Gasteiger partial charge in [0.25, 0.3) is 0 Å². The number of hydrogen-bond acceptors (Lipinski definition) is 6. The second-order valence-electron chi connectivity index (χ2n) is 4.36. The van der Waals surface area contributed by atoms with Gasteiger partial charge >= 0.3 is 5.69 Å². The van der Waals surface area contributed by atoms with Crippen molar-refractivity contribution < 1.29 is 4.92 Å². The third kappa shape index (κ3) is 2.85. The molecule has 1 atom stereocenters. The summed E-state index contributed by atoms with van der Waals surface area (Å²) < 4.78 is 0. The van der Waals surface area contributed by atoms with Crippen molar-refractivity contribution in [2.75, 3.05) is 25.5 Å². The van der Waals surface area contributed by atoms with Crippen LogP contribution in [0.5, 0.6) is 0 Å². The van der Waals surface area contributed by atoms with Crippen molar-refractivity contribution in [1.29, 1.82) is 0 Å². The summed E-state index contributed by atoms with van der Waals surface area (Å²) in [6.07, 6.45) is 3.24. The van der Waals surface area contributed by atoms with Crippen LogP contribution in [0.15, 0.2) is 6.33 Å². The number of halogens is 1. The van der Waals surface area contributed by atoms with Gasteiger partial charge in [0, 0.05) is 12.6 Å². The van der Waals surface area contributed by atoms with Gasteiger partial charge in [0.1, 0.15) is 6.33 Å². The van der Waals surface area contributed by atoms with E-state index in [4.69, 9.17) is 11.6 Å². The summed E-state index contributed by atoms with van der Waals surface area (Å²) in [7, 11) is 2.02. The summed E-state index contributed by atoms with van der Waals surface area (Å²) in [4.78, 5) is 20.1. The first kappa shape index (κ1) is 13.0. The van der Waals surface area contributed by atoms with E-state index in [9.17, 15) is 10.1 Å². The third-order valence-electron chi connectivity index (χ3n) is 2.93. The van der Waals surface area contributed by atoms with E-state index in [0.29, 0.717) is 0 Å². The molecule has 1 aliphatic heterocycles. The predicted octanol–water partition coefficient (Wildman–Crippen LogP) is 1.54. The van der Waals surface area contributed by atoms with Gasteiger partial charge in [-0.25, -0.2) is 9.97 Å². The minimum absolute atomic E-state index is 0.137. The number of anilines is 1. The van der Waals surface area contributed by atoms with E-state index in [1.165, 1.54) is 6.33 Å². The standard InChI is InChI=1S/C10H14ClN5O2/c1-15-4-2-3-7(5-15)14-10-8(16(17)18)9(11)12-6-13-10/h6-7H,2-5H2,1H3,(H,12,13,14). The molecule has 1 saturated heterocycles. The summed E-state index contributed by atoms with van der Waals surface area (Å²) in [5.74, 6) is 0.195. The topological polar surface area (TPSA) is 84.2 Å². The zero-order valence-corrected chi connectivity index (χ0v) is 10.7. The minimum atomic E-state index is -0.558. The highest BCUT2D eigenvalue weighted by atomic mass is 35.5. The largest absolute Gasteiger partial charge is 0.360 e. The van der Waals surface area contributed by atoms with Crippen molar-refractivity contribution in [3.05, 3.63) is 21.6 Å². The molecule has 0 bridgehead atoms. The number of rotatable bonds is 3. The van der Waals surface area contributed by atoms with Gasteiger partial charge in [-0.15, -0.1) is 0 Å². The Labute approximate surface area is 109 Å². The number of likely N-dealkylation sites (tertiary alicyclic amines) is 1. The summed E-state index contributed by atoms with van der Waals surface area (Å²) in [5.41, 5.74) is -0.257. The van der Waals surface area contributed by atoms with Crippen LogP contribution in [0.2, 0.25) is 5.15 Å². The van der Waals surface area contributed by atoms with E-state index in [2.05, 4.69) is 20.2 Å². The molecule has 98 valence electrons. The second-order valence-corrected chi connectivity index (χ2v) is 4.72. The summed E-state index contributed by atoms with van der Waals surface area (Å²) in [6, 6.07) is 0.147. The van der Waals surface area contributed by atoms with Gasteiger partial charge in [-0.1, -0.05) is 11.6 Å². The molecule has 0 aromatic carbocycles. The van der Waals surface area contributed by atoms with E-state index < -0.39 is 4.92 Å². The smallest absolute Gasteiger partial charge is 0.348 e. The number of nitrogens with zero attached hydrogens (tertiary/aromatic N) is 4. The Kier molecular flexibility index (Phi) is 3.93. The van der Waals surface area contributed by atoms with Crippen molar-refractivity contribution in [3.8, 4) is 0 Å². The highest BCUT2D eigenvalue weighted by Gasteiger charge is 2.25. The Balaban J connectivity index is 2.18. The zero-order chi connectivity index (χ0) is 13.1. The molecule has 0 radical (unpaired) electrons. The number of nitro groups is 1. The molecule has 0 amide bonds. The van der Waals surface area contributed by atoms with Crippen LogP contribution in [-0.4, -0.2) is 46.0 Å². The Morgan fingerprint density at radius 2 is 2.39 bits per heavy atom. The molecule has 2 rings (SSSR count). The first-order valence-electron chi connectivity index (χ1n) is 5.68. The van der Waals surface area contributed by atoms with Gasteiger partial charge in [-0.05, 0) is 26.4 Å². The van der Waals surface area contributed by atoms with Crippen LogP contribution < -0.4 is 5.32 Å². The highest BCUT2D eigenvalue weighted by Crippen LogP contribution is 2.29. The van der Waals surface area contributed by atoms with E-state index in [-0.39, 0.29) is 22.7 Å². The molecule has 0 aliphatic carbocycles. The van der Waals surface area contributed by atoms with Crippen LogP contribution in [0.25, 0.3) is 0 Å². The fraction of sp³-hybridized carbons (Fsp3) is 0.600. The average Bonchev–Trinajstić information content (AvgIpc) is 2.28. The lowest BCUT2D eigenvalue weighted by Gasteiger charge is -2.30. The minimum Gasteiger partial charge on any atom is -0.360 e. The van der Waals surface area contributed by atoms with Gasteiger partial charge in [-0.3, -0.25) is 10.1 Å². The van der Waals surface area contributed by atoms with Crippen LogP contribution in [0.1, 0.15) is 12.8 Å². The molecule has 8 heteroatoms. The Morgan fingerprint density at radius 1 is 1.61 bits per heavy atom. The van der Waals surface area contributed by atoms with Crippen LogP contribution >= 0.6 is 11.6 Å². The molecule has 1 unspecified atom stereocenters. The van der Waals surface area contributed by atoms with E-state index in [1.54, 1.807) is 0 Å². The highest BCUT2D eigenvalue weighted by molar-refractivity contribution is 6.31. The summed E-state index contributed by atoms with van der Waals surface area (Å²) in [5, 5.41) is 13.9. The molecule has 1 aromatic heterocycles. The predicted molar refractivity (Wildman–Crippen MR) is 67.8 cm³/mol. The number of piperidine rings is 1. The van der Waals surface area contributed by atoms with E-state index in [0.717, 1.165) is 25.9 Å². The van der Waals surface area contributed by atoms with E-state index >= 15 is 0 Å². The van der Waals surface area contributed by atoms with Gasteiger partial charge < -0.3 is 10.2 Å². The van der Waals surface area contributed by atoms with Crippen molar-refractivity contribution in [1.82, 2.24) is 14.9 Å². The number of likely N-dealkylation sites (N-methyl/N-ethyl adjacent to an activating group) is 1. The first-order chi connectivity index (χ1) is 8.58. The van der Waals surface area contributed by atoms with Gasteiger partial charge in [-0.2, -0.15) is 0 Å². The molecular formula is C10H14ClN5O2. The van der Waals surface area contributed by atoms with Gasteiger partial charge in [0.2, 0.25) is 11.0 Å². The molecule has 1 aromatic rings. The maximum Gasteiger partial charge on any atom is 0.348 e. The molecule has 0 saturated carbocycles. The fourth-order valence-corrected chi connectivity index (χ4v) is 2.30. The molecule has 2 heterocycles. The Hall–Kier alpha value is -1.47. The maximum absolute atomic E-state index is 10.9. The lowest BCUT2D eigenvalue weighted by molar-refractivity contribution is -0.384. The molecule has 1 fully saturated rings. The molecule has 0 spiro atoms. The lowest BCUT2D eigenvalue weighted by Crippen LogP contribution is -2.40. The maximum atomic E-state index is 10.9. The molecular weight excluding hydrogens is 258 g/mol. The monoisotopic (exact) mass is 271 g/mol. The summed E-state index contributed by atoms with van der Waals surface area (Å²) >= 11 is 5.73. The van der Waals surface area contributed by atoms with E-state index in [1.807, 2.05) is 7.05 Å².